The van der Waals surface area contributed by atoms with E-state index in [2.05, 4.69) is 0 Å². The zero-order valence-electron chi connectivity index (χ0n) is 9.93. The molecule has 0 radical (unpaired) electrons. The Bertz CT molecular complexity index is 205. The molecule has 0 aromatic rings. The maximum Gasteiger partial charge on any atom is 0.163 e. The second-order valence-corrected chi connectivity index (χ2v) is 4.88. The molecule has 4 nitrogen and oxygen atoms in total. The molecular weight excluding hydrogens is 196 g/mol. The topological polar surface area (TPSA) is 58.9 Å². The molecule has 4 atom stereocenters. The zero-order chi connectivity index (χ0) is 11.6. The molecule has 0 aliphatic carbocycles. The smallest absolute Gasteiger partial charge is 0.163 e. The van der Waals surface area contributed by atoms with Gasteiger partial charge in [0.25, 0.3) is 0 Å². The highest BCUT2D eigenvalue weighted by atomic mass is 16.7. The monoisotopic (exact) mass is 218 g/mol. The first-order chi connectivity index (χ1) is 6.87. The number of hydrogen-bond acceptors (Lipinski definition) is 4. The second kappa shape index (κ2) is 4.78. The van der Waals surface area contributed by atoms with E-state index >= 15 is 0 Å². The maximum atomic E-state index is 9.92. The van der Waals surface area contributed by atoms with Gasteiger partial charge in [-0.05, 0) is 13.8 Å². The molecule has 0 spiro atoms. The number of aliphatic hydroxyl groups is 2. The van der Waals surface area contributed by atoms with Crippen molar-refractivity contribution in [2.75, 3.05) is 13.2 Å². The van der Waals surface area contributed by atoms with Crippen molar-refractivity contribution >= 4 is 0 Å². The number of aliphatic hydroxyl groups excluding tert-OH is 2. The molecule has 2 N–H and O–H groups in total. The lowest BCUT2D eigenvalue weighted by Crippen LogP contribution is -2.37. The Morgan fingerprint density at radius 2 is 2.00 bits per heavy atom. The minimum absolute atomic E-state index is 0.0114. The summed E-state index contributed by atoms with van der Waals surface area (Å²) in [5.74, 6) is -0.720. The average Bonchev–Trinajstić information content (AvgIpc) is 2.55. The molecule has 0 unspecified atom stereocenters. The molecule has 0 bridgehead atoms. The van der Waals surface area contributed by atoms with Crippen LogP contribution in [0.2, 0.25) is 0 Å². The lowest BCUT2D eigenvalue weighted by atomic mass is 9.90. The summed E-state index contributed by atoms with van der Waals surface area (Å²) in [7, 11) is 0. The van der Waals surface area contributed by atoms with Gasteiger partial charge >= 0.3 is 0 Å². The summed E-state index contributed by atoms with van der Waals surface area (Å²) in [4.78, 5) is 0. The van der Waals surface area contributed by atoms with E-state index in [0.29, 0.717) is 6.61 Å². The van der Waals surface area contributed by atoms with Crippen molar-refractivity contribution in [3.63, 3.8) is 0 Å². The third kappa shape index (κ3) is 3.14. The van der Waals surface area contributed by atoms with E-state index in [4.69, 9.17) is 14.6 Å². The van der Waals surface area contributed by atoms with Crippen molar-refractivity contribution in [2.45, 2.75) is 45.7 Å². The molecule has 4 heteroatoms. The van der Waals surface area contributed by atoms with Gasteiger partial charge in [-0.25, -0.2) is 0 Å². The first-order valence-electron chi connectivity index (χ1n) is 5.48. The Balaban J connectivity index is 2.51. The highest BCUT2D eigenvalue weighted by Gasteiger charge is 2.39. The largest absolute Gasteiger partial charge is 0.396 e. The van der Waals surface area contributed by atoms with Crippen LogP contribution >= 0.6 is 0 Å². The van der Waals surface area contributed by atoms with Gasteiger partial charge in [-0.1, -0.05) is 13.8 Å². The highest BCUT2D eigenvalue weighted by Crippen LogP contribution is 2.29. The zero-order valence-corrected chi connectivity index (χ0v) is 9.93. The van der Waals surface area contributed by atoms with E-state index in [1.165, 1.54) is 0 Å². The third-order valence-electron chi connectivity index (χ3n) is 3.03. The molecule has 1 saturated heterocycles. The molecule has 0 saturated carbocycles. The lowest BCUT2D eigenvalue weighted by molar-refractivity contribution is -0.150. The molecule has 90 valence electrons. The number of ether oxygens (including phenoxy) is 2. The third-order valence-corrected chi connectivity index (χ3v) is 3.03. The SMILES string of the molecule is C[C@@H]([C@@H](O)[C@@H](C)CO)[C@H]1COC(C)(C)O1. The molecule has 1 rings (SSSR count). The predicted molar refractivity (Wildman–Crippen MR) is 56.3 cm³/mol. The van der Waals surface area contributed by atoms with Crippen molar-refractivity contribution in [2.24, 2.45) is 11.8 Å². The quantitative estimate of drug-likeness (QED) is 0.731. The van der Waals surface area contributed by atoms with Gasteiger partial charge in [0.1, 0.15) is 0 Å². The van der Waals surface area contributed by atoms with E-state index in [1.807, 2.05) is 27.7 Å². The fraction of sp³-hybridized carbons (Fsp3) is 1.00. The molecule has 0 aromatic heterocycles. The maximum absolute atomic E-state index is 9.92. The molecule has 1 aliphatic rings. The molecular formula is C11H22O4. The Kier molecular flexibility index (Phi) is 4.12. The van der Waals surface area contributed by atoms with Crippen LogP contribution in [0.3, 0.4) is 0 Å². The van der Waals surface area contributed by atoms with Gasteiger partial charge in [-0.3, -0.25) is 0 Å². The van der Waals surface area contributed by atoms with E-state index in [-0.39, 0.29) is 24.5 Å². The number of rotatable bonds is 4. The Morgan fingerprint density at radius 1 is 1.40 bits per heavy atom. The van der Waals surface area contributed by atoms with E-state index in [9.17, 15) is 5.11 Å². The fourth-order valence-electron chi connectivity index (χ4n) is 1.82. The summed E-state index contributed by atoms with van der Waals surface area (Å²) in [6.07, 6.45) is -0.651. The first-order valence-corrected chi connectivity index (χ1v) is 5.48. The fourth-order valence-corrected chi connectivity index (χ4v) is 1.82. The van der Waals surface area contributed by atoms with E-state index < -0.39 is 11.9 Å². The summed E-state index contributed by atoms with van der Waals surface area (Å²) in [6.45, 7) is 7.96. The Morgan fingerprint density at radius 3 is 2.40 bits per heavy atom. The summed E-state index contributed by atoms with van der Waals surface area (Å²) < 4.78 is 11.1. The van der Waals surface area contributed by atoms with Crippen LogP contribution in [0, 0.1) is 11.8 Å². The van der Waals surface area contributed by atoms with Crippen LogP contribution in [0.5, 0.6) is 0 Å². The molecule has 1 fully saturated rings. The van der Waals surface area contributed by atoms with Crippen LogP contribution < -0.4 is 0 Å². The van der Waals surface area contributed by atoms with Crippen LogP contribution in [-0.2, 0) is 9.47 Å². The van der Waals surface area contributed by atoms with Gasteiger partial charge in [0.05, 0.1) is 18.8 Å². The van der Waals surface area contributed by atoms with Gasteiger partial charge in [0.15, 0.2) is 5.79 Å². The van der Waals surface area contributed by atoms with Crippen LogP contribution in [0.15, 0.2) is 0 Å². The lowest BCUT2D eigenvalue weighted by Gasteiger charge is -2.28. The molecule has 15 heavy (non-hydrogen) atoms. The average molecular weight is 218 g/mol. The first kappa shape index (κ1) is 12.9. The molecule has 0 amide bonds. The van der Waals surface area contributed by atoms with E-state index in [0.717, 1.165) is 0 Å². The summed E-state index contributed by atoms with van der Waals surface area (Å²) in [5.41, 5.74) is 0. The van der Waals surface area contributed by atoms with E-state index in [1.54, 1.807) is 0 Å². The van der Waals surface area contributed by atoms with Crippen molar-refractivity contribution in [1.29, 1.82) is 0 Å². The predicted octanol–water partition coefficient (Wildman–Crippen LogP) is 0.763. The van der Waals surface area contributed by atoms with Crippen LogP contribution in [0.4, 0.5) is 0 Å². The van der Waals surface area contributed by atoms with Crippen molar-refractivity contribution < 1.29 is 19.7 Å². The standard InChI is InChI=1S/C11H22O4/c1-7(5-12)10(13)8(2)9-6-14-11(3,4)15-9/h7-10,12-13H,5-6H2,1-4H3/t7-,8+,9+,10-/m0/s1. The van der Waals surface area contributed by atoms with Crippen LogP contribution in [0.1, 0.15) is 27.7 Å². The summed E-state index contributed by atoms with van der Waals surface area (Å²) >= 11 is 0. The minimum atomic E-state index is -0.558. The van der Waals surface area contributed by atoms with Gasteiger partial charge in [0.2, 0.25) is 0 Å². The Hall–Kier alpha value is -0.160. The van der Waals surface area contributed by atoms with Crippen molar-refractivity contribution in [1.82, 2.24) is 0 Å². The van der Waals surface area contributed by atoms with Crippen molar-refractivity contribution in [3.05, 3.63) is 0 Å². The molecule has 1 aliphatic heterocycles. The molecule has 1 heterocycles. The van der Waals surface area contributed by atoms with Crippen LogP contribution in [-0.4, -0.2) is 41.4 Å². The Labute approximate surface area is 91.2 Å². The van der Waals surface area contributed by atoms with Crippen LogP contribution in [0.25, 0.3) is 0 Å². The number of hydrogen-bond donors (Lipinski definition) is 2. The van der Waals surface area contributed by atoms with Gasteiger partial charge in [-0.2, -0.15) is 0 Å². The van der Waals surface area contributed by atoms with Gasteiger partial charge < -0.3 is 19.7 Å². The highest BCUT2D eigenvalue weighted by molar-refractivity contribution is 4.82. The normalized spacial score (nSPS) is 31.2. The van der Waals surface area contributed by atoms with Gasteiger partial charge in [-0.15, -0.1) is 0 Å². The molecule has 0 aromatic carbocycles. The van der Waals surface area contributed by atoms with Gasteiger partial charge in [0, 0.05) is 18.4 Å². The second-order valence-electron chi connectivity index (χ2n) is 4.88. The summed E-state index contributed by atoms with van der Waals surface area (Å²) in [5, 5.41) is 18.9. The summed E-state index contributed by atoms with van der Waals surface area (Å²) in [6, 6.07) is 0. The minimum Gasteiger partial charge on any atom is -0.396 e. The van der Waals surface area contributed by atoms with Crippen molar-refractivity contribution in [3.8, 4) is 0 Å².